The number of rotatable bonds is 9. The predicted molar refractivity (Wildman–Crippen MR) is 145 cm³/mol. The summed E-state index contributed by atoms with van der Waals surface area (Å²) in [7, 11) is 0. The van der Waals surface area contributed by atoms with Crippen LogP contribution < -0.4 is 10.6 Å². The molecule has 2 aromatic carbocycles. The Bertz CT molecular complexity index is 1370. The van der Waals surface area contributed by atoms with Crippen LogP contribution in [-0.2, 0) is 11.3 Å². The molecule has 0 radical (unpaired) electrons. The number of aryl methyl sites for hydroxylation is 1. The summed E-state index contributed by atoms with van der Waals surface area (Å²) < 4.78 is 1.90. The molecule has 0 fully saturated rings. The molecule has 4 rings (SSSR count). The SMILES string of the molecule is CCn1c(SCC(=O)Nc2nc(-c3ccc(Cl)cc3)cs2)nnc1[C@H](C)NC(=O)c1cccc(C)c1. The molecule has 0 aliphatic rings. The van der Waals surface area contributed by atoms with Crippen LogP contribution in [0.4, 0.5) is 5.13 Å². The van der Waals surface area contributed by atoms with Gasteiger partial charge in [0.15, 0.2) is 16.1 Å². The summed E-state index contributed by atoms with van der Waals surface area (Å²) in [5.41, 5.74) is 3.31. The van der Waals surface area contributed by atoms with E-state index in [-0.39, 0.29) is 23.6 Å². The minimum Gasteiger partial charge on any atom is -0.342 e. The number of carbonyl (C=O) groups is 2. The Kier molecular flexibility index (Phi) is 8.40. The van der Waals surface area contributed by atoms with E-state index in [2.05, 4.69) is 25.8 Å². The summed E-state index contributed by atoms with van der Waals surface area (Å²) in [6.45, 7) is 6.39. The number of aromatic nitrogens is 4. The average molecular weight is 541 g/mol. The van der Waals surface area contributed by atoms with Crippen molar-refractivity contribution < 1.29 is 9.59 Å². The maximum absolute atomic E-state index is 12.6. The zero-order valence-corrected chi connectivity index (χ0v) is 22.4. The number of carbonyl (C=O) groups excluding carboxylic acids is 2. The number of nitrogens with one attached hydrogen (secondary N) is 2. The zero-order chi connectivity index (χ0) is 25.7. The van der Waals surface area contributed by atoms with Crippen molar-refractivity contribution >= 4 is 51.6 Å². The van der Waals surface area contributed by atoms with Crippen LogP contribution in [0.3, 0.4) is 0 Å². The molecule has 11 heteroatoms. The second-order valence-electron chi connectivity index (χ2n) is 8.03. The molecule has 36 heavy (non-hydrogen) atoms. The molecule has 186 valence electrons. The Hall–Kier alpha value is -3.21. The standard InChI is InChI=1S/C25H25ClN6O2S2/c1-4-32-22(16(3)27-23(34)18-7-5-6-15(2)12-18)30-31-25(32)36-14-21(33)29-24-28-20(13-35-24)17-8-10-19(26)11-9-17/h5-13,16H,4,14H2,1-3H3,(H,27,34)(H,28,29,33)/t16-/m0/s1. The molecule has 4 aromatic rings. The molecule has 0 saturated heterocycles. The lowest BCUT2D eigenvalue weighted by molar-refractivity contribution is -0.113. The Morgan fingerprint density at radius 1 is 1.17 bits per heavy atom. The van der Waals surface area contributed by atoms with Gasteiger partial charge in [0.05, 0.1) is 17.5 Å². The maximum Gasteiger partial charge on any atom is 0.251 e. The van der Waals surface area contributed by atoms with Gasteiger partial charge < -0.3 is 15.2 Å². The quantitative estimate of drug-likeness (QED) is 0.268. The van der Waals surface area contributed by atoms with Crippen molar-refractivity contribution in [1.29, 1.82) is 0 Å². The van der Waals surface area contributed by atoms with Gasteiger partial charge in [-0.3, -0.25) is 9.59 Å². The molecule has 0 bridgehead atoms. The third kappa shape index (κ3) is 6.31. The Morgan fingerprint density at radius 3 is 2.67 bits per heavy atom. The Labute approximate surface area is 222 Å². The van der Waals surface area contributed by atoms with E-state index in [0.717, 1.165) is 16.8 Å². The minimum absolute atomic E-state index is 0.151. The molecule has 1 atom stereocenters. The summed E-state index contributed by atoms with van der Waals surface area (Å²) in [6, 6.07) is 14.4. The number of thiazole rings is 1. The molecule has 2 heterocycles. The first kappa shape index (κ1) is 25.9. The highest BCUT2D eigenvalue weighted by Crippen LogP contribution is 2.27. The van der Waals surface area contributed by atoms with Crippen molar-refractivity contribution in [1.82, 2.24) is 25.1 Å². The van der Waals surface area contributed by atoms with Crippen LogP contribution in [0, 0.1) is 6.92 Å². The lowest BCUT2D eigenvalue weighted by atomic mass is 10.1. The summed E-state index contributed by atoms with van der Waals surface area (Å²) in [5, 5.41) is 18.0. The molecule has 2 amide bonds. The average Bonchev–Trinajstić information content (AvgIpc) is 3.50. The van der Waals surface area contributed by atoms with E-state index in [1.165, 1.54) is 23.1 Å². The fraction of sp³-hybridized carbons (Fsp3) is 0.240. The summed E-state index contributed by atoms with van der Waals surface area (Å²) >= 11 is 8.59. The molecule has 0 aliphatic heterocycles. The summed E-state index contributed by atoms with van der Waals surface area (Å²) in [4.78, 5) is 29.7. The van der Waals surface area contributed by atoms with Crippen LogP contribution in [0.1, 0.15) is 41.6 Å². The number of nitrogens with zero attached hydrogens (tertiary/aromatic N) is 4. The molecule has 8 nitrogen and oxygen atoms in total. The van der Waals surface area contributed by atoms with E-state index in [0.29, 0.717) is 33.2 Å². The normalized spacial score (nSPS) is 11.8. The van der Waals surface area contributed by atoms with Gasteiger partial charge in [-0.15, -0.1) is 21.5 Å². The fourth-order valence-electron chi connectivity index (χ4n) is 3.53. The van der Waals surface area contributed by atoms with Crippen LogP contribution in [-0.4, -0.2) is 37.3 Å². The van der Waals surface area contributed by atoms with Crippen molar-refractivity contribution in [2.24, 2.45) is 0 Å². The van der Waals surface area contributed by atoms with E-state index >= 15 is 0 Å². The third-order valence-electron chi connectivity index (χ3n) is 5.30. The Morgan fingerprint density at radius 2 is 1.94 bits per heavy atom. The van der Waals surface area contributed by atoms with Crippen molar-refractivity contribution in [2.45, 2.75) is 38.5 Å². The number of anilines is 1. The molecule has 0 aliphatic carbocycles. The fourth-order valence-corrected chi connectivity index (χ4v) is 5.20. The van der Waals surface area contributed by atoms with Gasteiger partial charge in [-0.1, -0.05) is 53.2 Å². The number of halogens is 1. The molecule has 0 saturated carbocycles. The third-order valence-corrected chi connectivity index (χ3v) is 7.28. The molecule has 0 unspecified atom stereocenters. The second-order valence-corrected chi connectivity index (χ2v) is 10.3. The largest absolute Gasteiger partial charge is 0.342 e. The highest BCUT2D eigenvalue weighted by atomic mass is 35.5. The van der Waals surface area contributed by atoms with Crippen LogP contribution >= 0.6 is 34.7 Å². The van der Waals surface area contributed by atoms with Gasteiger partial charge in [-0.25, -0.2) is 4.98 Å². The highest BCUT2D eigenvalue weighted by Gasteiger charge is 2.20. The second kappa shape index (κ2) is 11.7. The van der Waals surface area contributed by atoms with Crippen LogP contribution in [0.5, 0.6) is 0 Å². The van der Waals surface area contributed by atoms with Crippen molar-refractivity contribution in [2.75, 3.05) is 11.1 Å². The molecule has 2 N–H and O–H groups in total. The van der Waals surface area contributed by atoms with Crippen LogP contribution in [0.15, 0.2) is 59.1 Å². The first-order valence-corrected chi connectivity index (χ1v) is 13.5. The van der Waals surface area contributed by atoms with Crippen LogP contribution in [0.2, 0.25) is 5.02 Å². The van der Waals surface area contributed by atoms with Gasteiger partial charge in [0.25, 0.3) is 5.91 Å². The van der Waals surface area contributed by atoms with Crippen LogP contribution in [0.25, 0.3) is 11.3 Å². The van der Waals surface area contributed by atoms with E-state index in [4.69, 9.17) is 11.6 Å². The van der Waals surface area contributed by atoms with Crippen molar-refractivity contribution in [3.63, 3.8) is 0 Å². The van der Waals surface area contributed by atoms with Gasteiger partial charge in [0.2, 0.25) is 5.91 Å². The van der Waals surface area contributed by atoms with E-state index in [9.17, 15) is 9.59 Å². The van der Waals surface area contributed by atoms with Gasteiger partial charge in [0, 0.05) is 28.1 Å². The van der Waals surface area contributed by atoms with E-state index in [1.54, 1.807) is 18.2 Å². The number of amides is 2. The Balaban J connectivity index is 1.35. The molecular weight excluding hydrogens is 516 g/mol. The first-order valence-electron chi connectivity index (χ1n) is 11.3. The summed E-state index contributed by atoms with van der Waals surface area (Å²) in [6.07, 6.45) is 0. The minimum atomic E-state index is -0.352. The molecule has 2 aromatic heterocycles. The predicted octanol–water partition coefficient (Wildman–Crippen LogP) is 5.61. The zero-order valence-electron chi connectivity index (χ0n) is 20.0. The van der Waals surface area contributed by atoms with Gasteiger partial charge in [-0.05, 0) is 45.0 Å². The van der Waals surface area contributed by atoms with Crippen molar-refractivity contribution in [3.05, 3.63) is 75.9 Å². The lowest BCUT2D eigenvalue weighted by Gasteiger charge is -2.15. The maximum atomic E-state index is 12.6. The van der Waals surface area contributed by atoms with Gasteiger partial charge >= 0.3 is 0 Å². The topological polar surface area (TPSA) is 102 Å². The number of thioether (sulfide) groups is 1. The summed E-state index contributed by atoms with van der Waals surface area (Å²) in [5.74, 6) is 0.420. The molecular formula is C25H25ClN6O2S2. The van der Waals surface area contributed by atoms with E-state index < -0.39 is 0 Å². The molecule has 0 spiro atoms. The first-order chi connectivity index (χ1) is 17.3. The lowest BCUT2D eigenvalue weighted by Crippen LogP contribution is -2.28. The number of benzene rings is 2. The van der Waals surface area contributed by atoms with E-state index in [1.807, 2.05) is 61.1 Å². The van der Waals surface area contributed by atoms with Crippen molar-refractivity contribution in [3.8, 4) is 11.3 Å². The smallest absolute Gasteiger partial charge is 0.251 e. The number of hydrogen-bond donors (Lipinski definition) is 2. The monoisotopic (exact) mass is 540 g/mol. The van der Waals surface area contributed by atoms with Gasteiger partial charge in [0.1, 0.15) is 0 Å². The highest BCUT2D eigenvalue weighted by molar-refractivity contribution is 7.99. The van der Waals surface area contributed by atoms with Gasteiger partial charge in [-0.2, -0.15) is 0 Å². The number of hydrogen-bond acceptors (Lipinski definition) is 7.